The van der Waals surface area contributed by atoms with Crippen molar-refractivity contribution >= 4 is 12.0 Å². The molecule has 0 bridgehead atoms. The molecule has 1 aliphatic rings. The number of anilines is 1. The van der Waals surface area contributed by atoms with E-state index in [0.717, 1.165) is 18.8 Å². The molecule has 4 nitrogen and oxygen atoms in total. The molecule has 0 saturated heterocycles. The maximum Gasteiger partial charge on any atom is 0.101 e. The maximum absolute atomic E-state index is 4.08. The second-order valence-electron chi connectivity index (χ2n) is 2.82. The number of hydrazine groups is 2. The molecule has 0 aliphatic carbocycles. The Morgan fingerprint density at radius 1 is 1.23 bits per heavy atom. The standard InChI is InChI=1S/C9H12N4/c1-2-4-9(5-3-1)11-12-13-7-6-10-8-13/h1-5,8,11-12H,6-7H2. The van der Waals surface area contributed by atoms with Crippen molar-refractivity contribution in [2.24, 2.45) is 4.99 Å². The van der Waals surface area contributed by atoms with Gasteiger partial charge in [0.15, 0.2) is 0 Å². The second kappa shape index (κ2) is 3.91. The first-order valence-electron chi connectivity index (χ1n) is 4.28. The number of rotatable bonds is 3. The first kappa shape index (κ1) is 8.07. The molecule has 0 radical (unpaired) electrons. The number of benzene rings is 1. The van der Waals surface area contributed by atoms with Gasteiger partial charge >= 0.3 is 0 Å². The first-order valence-corrected chi connectivity index (χ1v) is 4.28. The summed E-state index contributed by atoms with van der Waals surface area (Å²) in [6, 6.07) is 9.97. The van der Waals surface area contributed by atoms with Gasteiger partial charge in [0, 0.05) is 0 Å². The summed E-state index contributed by atoms with van der Waals surface area (Å²) in [6.07, 6.45) is 1.79. The molecule has 1 aromatic carbocycles. The minimum atomic E-state index is 0.865. The summed E-state index contributed by atoms with van der Waals surface area (Å²) in [5, 5.41) is 1.91. The zero-order valence-corrected chi connectivity index (χ0v) is 7.27. The van der Waals surface area contributed by atoms with Crippen LogP contribution in [0.4, 0.5) is 5.69 Å². The van der Waals surface area contributed by atoms with Gasteiger partial charge in [-0.15, -0.1) is 5.53 Å². The van der Waals surface area contributed by atoms with Crippen LogP contribution in [0.15, 0.2) is 35.3 Å². The molecule has 0 amide bonds. The Bertz CT molecular complexity index is 283. The van der Waals surface area contributed by atoms with Gasteiger partial charge in [-0.05, 0) is 12.1 Å². The van der Waals surface area contributed by atoms with E-state index in [9.17, 15) is 0 Å². The highest BCUT2D eigenvalue weighted by atomic mass is 15.7. The van der Waals surface area contributed by atoms with E-state index in [1.54, 1.807) is 6.34 Å². The molecule has 0 atom stereocenters. The van der Waals surface area contributed by atoms with Crippen molar-refractivity contribution in [3.8, 4) is 0 Å². The van der Waals surface area contributed by atoms with Crippen LogP contribution in [0.25, 0.3) is 0 Å². The molecule has 68 valence electrons. The molecule has 1 aliphatic heterocycles. The molecule has 1 heterocycles. The molecular weight excluding hydrogens is 164 g/mol. The van der Waals surface area contributed by atoms with Crippen molar-refractivity contribution in [2.75, 3.05) is 18.5 Å². The molecule has 0 spiro atoms. The van der Waals surface area contributed by atoms with Crippen LogP contribution in [0.2, 0.25) is 0 Å². The molecule has 0 fully saturated rings. The van der Waals surface area contributed by atoms with E-state index < -0.39 is 0 Å². The van der Waals surface area contributed by atoms with Crippen LogP contribution in [0.5, 0.6) is 0 Å². The lowest BCUT2D eigenvalue weighted by molar-refractivity contribution is 0.377. The zero-order valence-electron chi connectivity index (χ0n) is 7.27. The van der Waals surface area contributed by atoms with E-state index in [1.165, 1.54) is 0 Å². The van der Waals surface area contributed by atoms with Gasteiger partial charge in [-0.3, -0.25) is 10.0 Å². The predicted octanol–water partition coefficient (Wildman–Crippen LogP) is 0.862. The van der Waals surface area contributed by atoms with Gasteiger partial charge in [-0.1, -0.05) is 18.2 Å². The SMILES string of the molecule is C1=NCCN1NNc1ccccc1. The Kier molecular flexibility index (Phi) is 2.43. The maximum atomic E-state index is 4.08. The largest absolute Gasteiger partial charge is 0.304 e. The summed E-state index contributed by atoms with van der Waals surface area (Å²) in [7, 11) is 0. The lowest BCUT2D eigenvalue weighted by Crippen LogP contribution is -2.39. The topological polar surface area (TPSA) is 39.7 Å². The minimum Gasteiger partial charge on any atom is -0.304 e. The van der Waals surface area contributed by atoms with Crippen molar-refractivity contribution in [3.63, 3.8) is 0 Å². The average molecular weight is 176 g/mol. The third-order valence-electron chi connectivity index (χ3n) is 1.81. The fourth-order valence-electron chi connectivity index (χ4n) is 1.12. The van der Waals surface area contributed by atoms with E-state index >= 15 is 0 Å². The average Bonchev–Trinajstić information content (AvgIpc) is 2.69. The van der Waals surface area contributed by atoms with Gasteiger partial charge < -0.3 is 5.43 Å². The molecule has 0 unspecified atom stereocenters. The summed E-state index contributed by atoms with van der Waals surface area (Å²) in [5.74, 6) is 0. The van der Waals surface area contributed by atoms with Crippen molar-refractivity contribution in [3.05, 3.63) is 30.3 Å². The third kappa shape index (κ3) is 2.19. The van der Waals surface area contributed by atoms with Crippen LogP contribution in [0.1, 0.15) is 0 Å². The van der Waals surface area contributed by atoms with Crippen LogP contribution in [-0.4, -0.2) is 24.4 Å². The van der Waals surface area contributed by atoms with Gasteiger partial charge in [0.25, 0.3) is 0 Å². The molecule has 13 heavy (non-hydrogen) atoms. The lowest BCUT2D eigenvalue weighted by Gasteiger charge is -2.16. The van der Waals surface area contributed by atoms with Gasteiger partial charge in [0.2, 0.25) is 0 Å². The minimum absolute atomic E-state index is 0.865. The Balaban J connectivity index is 1.82. The van der Waals surface area contributed by atoms with Crippen LogP contribution in [0, 0.1) is 0 Å². The van der Waals surface area contributed by atoms with Crippen LogP contribution in [0.3, 0.4) is 0 Å². The number of hydrogen-bond acceptors (Lipinski definition) is 4. The van der Waals surface area contributed by atoms with E-state index in [1.807, 2.05) is 35.3 Å². The van der Waals surface area contributed by atoms with Crippen LogP contribution in [-0.2, 0) is 0 Å². The number of nitrogens with one attached hydrogen (secondary N) is 2. The number of para-hydroxylation sites is 1. The number of aliphatic imine (C=N–C) groups is 1. The Morgan fingerprint density at radius 2 is 2.08 bits per heavy atom. The van der Waals surface area contributed by atoms with Crippen molar-refractivity contribution in [2.45, 2.75) is 0 Å². The normalized spacial score (nSPS) is 14.9. The monoisotopic (exact) mass is 176 g/mol. The third-order valence-corrected chi connectivity index (χ3v) is 1.81. The van der Waals surface area contributed by atoms with E-state index in [4.69, 9.17) is 0 Å². The Labute approximate surface area is 77.2 Å². The highest BCUT2D eigenvalue weighted by molar-refractivity contribution is 5.56. The number of hydrogen-bond donors (Lipinski definition) is 2. The van der Waals surface area contributed by atoms with E-state index in [-0.39, 0.29) is 0 Å². The van der Waals surface area contributed by atoms with Gasteiger partial charge in [-0.25, -0.2) is 0 Å². The smallest absolute Gasteiger partial charge is 0.101 e. The first-order chi connectivity index (χ1) is 6.45. The molecule has 2 N–H and O–H groups in total. The summed E-state index contributed by atoms with van der Waals surface area (Å²) >= 11 is 0. The van der Waals surface area contributed by atoms with Crippen LogP contribution >= 0.6 is 0 Å². The number of nitrogens with zero attached hydrogens (tertiary/aromatic N) is 2. The van der Waals surface area contributed by atoms with Crippen molar-refractivity contribution in [1.82, 2.24) is 10.5 Å². The zero-order chi connectivity index (χ0) is 8.93. The lowest BCUT2D eigenvalue weighted by atomic mass is 10.3. The highest BCUT2D eigenvalue weighted by Crippen LogP contribution is 2.02. The van der Waals surface area contributed by atoms with Crippen LogP contribution < -0.4 is 11.0 Å². The Hall–Kier alpha value is -1.55. The molecule has 4 heteroatoms. The van der Waals surface area contributed by atoms with E-state index in [0.29, 0.717) is 0 Å². The quantitative estimate of drug-likeness (QED) is 0.671. The molecular formula is C9H12N4. The van der Waals surface area contributed by atoms with Crippen molar-refractivity contribution < 1.29 is 0 Å². The van der Waals surface area contributed by atoms with E-state index in [2.05, 4.69) is 16.0 Å². The molecule has 0 aromatic heterocycles. The van der Waals surface area contributed by atoms with Gasteiger partial charge in [0.05, 0.1) is 18.8 Å². The summed E-state index contributed by atoms with van der Waals surface area (Å²) in [6.45, 7) is 1.78. The Morgan fingerprint density at radius 3 is 2.77 bits per heavy atom. The molecule has 2 rings (SSSR count). The highest BCUT2D eigenvalue weighted by Gasteiger charge is 2.02. The summed E-state index contributed by atoms with van der Waals surface area (Å²) in [4.78, 5) is 4.08. The summed E-state index contributed by atoms with van der Waals surface area (Å²) < 4.78 is 0. The summed E-state index contributed by atoms with van der Waals surface area (Å²) in [5.41, 5.74) is 7.15. The predicted molar refractivity (Wildman–Crippen MR) is 53.3 cm³/mol. The van der Waals surface area contributed by atoms with Gasteiger partial charge in [-0.2, -0.15) is 0 Å². The molecule has 1 aromatic rings. The van der Waals surface area contributed by atoms with Gasteiger partial charge in [0.1, 0.15) is 6.34 Å². The fraction of sp³-hybridized carbons (Fsp3) is 0.222. The second-order valence-corrected chi connectivity index (χ2v) is 2.82. The molecule has 0 saturated carbocycles. The fourth-order valence-corrected chi connectivity index (χ4v) is 1.12. The van der Waals surface area contributed by atoms with Crippen molar-refractivity contribution in [1.29, 1.82) is 0 Å².